The minimum atomic E-state index is -0.489. The maximum Gasteiger partial charge on any atom is 0.257 e. The number of morpholine rings is 1. The van der Waals surface area contributed by atoms with Gasteiger partial charge < -0.3 is 29.6 Å². The van der Waals surface area contributed by atoms with Gasteiger partial charge in [-0.1, -0.05) is 12.2 Å². The number of nitrogens with zero attached hydrogens (tertiary/aromatic N) is 2. The topological polar surface area (TPSA) is 111 Å². The molecule has 1 heterocycles. The highest BCUT2D eigenvalue weighted by Crippen LogP contribution is 2.45. The van der Waals surface area contributed by atoms with E-state index in [0.717, 1.165) is 39.3 Å². The van der Waals surface area contributed by atoms with Gasteiger partial charge in [0.05, 0.1) is 45.7 Å². The van der Waals surface area contributed by atoms with Crippen LogP contribution in [-0.4, -0.2) is 84.2 Å². The van der Waals surface area contributed by atoms with Crippen molar-refractivity contribution in [3.8, 4) is 17.2 Å². The number of aliphatic imine (C=N–C) groups is 1. The Morgan fingerprint density at radius 2 is 1.88 bits per heavy atom. The predicted molar refractivity (Wildman–Crippen MR) is 131 cm³/mol. The highest BCUT2D eigenvalue weighted by molar-refractivity contribution is 6.11. The molecule has 1 aliphatic rings. The van der Waals surface area contributed by atoms with Crippen molar-refractivity contribution in [2.45, 2.75) is 13.3 Å². The van der Waals surface area contributed by atoms with Crippen LogP contribution in [0.3, 0.4) is 0 Å². The van der Waals surface area contributed by atoms with Crippen LogP contribution in [0.1, 0.15) is 23.7 Å². The molecule has 2 amide bonds. The maximum absolute atomic E-state index is 13.2. The van der Waals surface area contributed by atoms with Crippen LogP contribution in [0, 0.1) is 0 Å². The van der Waals surface area contributed by atoms with Gasteiger partial charge in [-0.2, -0.15) is 0 Å². The van der Waals surface area contributed by atoms with Crippen LogP contribution in [0.2, 0.25) is 0 Å². The summed E-state index contributed by atoms with van der Waals surface area (Å²) in [4.78, 5) is 32.1. The number of amides is 2. The highest BCUT2D eigenvalue weighted by Gasteiger charge is 2.26. The zero-order chi connectivity index (χ0) is 24.9. The number of anilines is 1. The lowest BCUT2D eigenvalue weighted by atomic mass is 10.1. The third-order valence-corrected chi connectivity index (χ3v) is 5.19. The third-order valence-electron chi connectivity index (χ3n) is 5.19. The molecule has 0 aliphatic carbocycles. The van der Waals surface area contributed by atoms with Crippen LogP contribution in [0.5, 0.6) is 17.2 Å². The molecule has 1 aromatic carbocycles. The van der Waals surface area contributed by atoms with Gasteiger partial charge in [0.2, 0.25) is 5.75 Å². The summed E-state index contributed by atoms with van der Waals surface area (Å²) in [6, 6.07) is 1.51. The average molecular weight is 475 g/mol. The maximum atomic E-state index is 13.2. The second-order valence-electron chi connectivity index (χ2n) is 7.35. The van der Waals surface area contributed by atoms with E-state index >= 15 is 0 Å². The molecule has 1 saturated heterocycles. The number of hydrogen-bond acceptors (Lipinski definition) is 8. The first-order valence-corrected chi connectivity index (χ1v) is 11.0. The van der Waals surface area contributed by atoms with Crippen molar-refractivity contribution < 1.29 is 28.5 Å². The monoisotopic (exact) mass is 474 g/mol. The van der Waals surface area contributed by atoms with E-state index in [2.05, 4.69) is 27.2 Å². The first kappa shape index (κ1) is 26.9. The number of rotatable bonds is 12. The third kappa shape index (κ3) is 7.06. The number of allylic oxidation sites excluding steroid dienone is 1. The Balaban J connectivity index is 2.30. The molecule has 34 heavy (non-hydrogen) atoms. The molecule has 1 aromatic rings. The fourth-order valence-corrected chi connectivity index (χ4v) is 3.52. The van der Waals surface area contributed by atoms with Crippen LogP contribution in [0.25, 0.3) is 0 Å². The van der Waals surface area contributed by atoms with Crippen molar-refractivity contribution in [3.05, 3.63) is 35.6 Å². The highest BCUT2D eigenvalue weighted by atomic mass is 16.5. The fraction of sp³-hybridized carbons (Fsp3) is 0.458. The summed E-state index contributed by atoms with van der Waals surface area (Å²) in [5.74, 6) is -0.150. The molecular weight excluding hydrogens is 440 g/mol. The van der Waals surface area contributed by atoms with E-state index < -0.39 is 5.91 Å². The summed E-state index contributed by atoms with van der Waals surface area (Å²) in [6.45, 7) is 9.73. The number of nitrogens with one attached hydrogen (secondary N) is 2. The van der Waals surface area contributed by atoms with E-state index in [9.17, 15) is 9.59 Å². The zero-order valence-corrected chi connectivity index (χ0v) is 20.3. The molecule has 186 valence electrons. The standard InChI is InChI=1S/C24H34N4O6/c1-6-8-17(16-25-2)23(29)27-20-18(15-19(31-3)21(32-4)22(20)33-5)24(30)26-9-7-10-28-11-13-34-14-12-28/h6,8,15-16H,2,7,9-14H2,1,3-5H3,(H,26,30)(H,27,29)/b8-6-,17-16+. The number of ether oxygens (including phenoxy) is 4. The Labute approximate surface area is 200 Å². The van der Waals surface area contributed by atoms with Gasteiger partial charge in [0, 0.05) is 25.8 Å². The normalized spacial score (nSPS) is 14.5. The quantitative estimate of drug-likeness (QED) is 0.207. The van der Waals surface area contributed by atoms with Gasteiger partial charge in [0.15, 0.2) is 11.5 Å². The minimum absolute atomic E-state index is 0.162. The summed E-state index contributed by atoms with van der Waals surface area (Å²) in [5.41, 5.74) is 0.599. The van der Waals surface area contributed by atoms with Crippen LogP contribution >= 0.6 is 0 Å². The van der Waals surface area contributed by atoms with Crippen molar-refractivity contribution in [3.63, 3.8) is 0 Å². The molecule has 10 nitrogen and oxygen atoms in total. The smallest absolute Gasteiger partial charge is 0.257 e. The fourth-order valence-electron chi connectivity index (χ4n) is 3.52. The Hall–Kier alpha value is -3.37. The van der Waals surface area contributed by atoms with Gasteiger partial charge in [0.25, 0.3) is 11.8 Å². The molecule has 1 aliphatic heterocycles. The van der Waals surface area contributed by atoms with Crippen molar-refractivity contribution in [2.24, 2.45) is 4.99 Å². The summed E-state index contributed by atoms with van der Waals surface area (Å²) < 4.78 is 21.7. The van der Waals surface area contributed by atoms with E-state index in [4.69, 9.17) is 18.9 Å². The lowest BCUT2D eigenvalue weighted by Crippen LogP contribution is -2.38. The molecule has 0 spiro atoms. The van der Waals surface area contributed by atoms with Gasteiger partial charge in [-0.3, -0.25) is 19.5 Å². The van der Waals surface area contributed by atoms with Crippen molar-refractivity contribution >= 4 is 24.2 Å². The number of carbonyl (C=O) groups excluding carboxylic acids is 2. The number of benzene rings is 1. The molecule has 10 heteroatoms. The summed E-state index contributed by atoms with van der Waals surface area (Å²) >= 11 is 0. The average Bonchev–Trinajstić information content (AvgIpc) is 2.86. The molecule has 0 bridgehead atoms. The molecule has 0 atom stereocenters. The van der Waals surface area contributed by atoms with Gasteiger partial charge in [-0.25, -0.2) is 0 Å². The summed E-state index contributed by atoms with van der Waals surface area (Å²) in [7, 11) is 4.33. The molecule has 0 unspecified atom stereocenters. The largest absolute Gasteiger partial charge is 0.493 e. The molecular formula is C24H34N4O6. The lowest BCUT2D eigenvalue weighted by molar-refractivity contribution is -0.112. The number of hydrogen-bond donors (Lipinski definition) is 2. The van der Waals surface area contributed by atoms with Crippen LogP contribution in [0.15, 0.2) is 35.0 Å². The van der Waals surface area contributed by atoms with E-state index in [1.54, 1.807) is 19.1 Å². The van der Waals surface area contributed by atoms with E-state index in [0.29, 0.717) is 12.3 Å². The van der Waals surface area contributed by atoms with Crippen molar-refractivity contribution in [1.82, 2.24) is 10.2 Å². The molecule has 0 saturated carbocycles. The van der Waals surface area contributed by atoms with Crippen LogP contribution < -0.4 is 24.8 Å². The molecule has 1 fully saturated rings. The summed E-state index contributed by atoms with van der Waals surface area (Å²) in [5, 5.41) is 5.67. The molecule has 2 rings (SSSR count). The Morgan fingerprint density at radius 3 is 2.47 bits per heavy atom. The number of carbonyl (C=O) groups is 2. The van der Waals surface area contributed by atoms with E-state index in [1.807, 2.05) is 0 Å². The van der Waals surface area contributed by atoms with E-state index in [1.165, 1.54) is 33.6 Å². The van der Waals surface area contributed by atoms with Crippen LogP contribution in [-0.2, 0) is 9.53 Å². The SMILES string of the molecule is C=N/C=C(\C=C/C)C(=O)Nc1c(C(=O)NCCCN2CCOCC2)cc(OC)c(OC)c1OC. The zero-order valence-electron chi connectivity index (χ0n) is 20.3. The van der Waals surface area contributed by atoms with Gasteiger partial charge in [-0.15, -0.1) is 0 Å². The first-order valence-electron chi connectivity index (χ1n) is 11.0. The number of methoxy groups -OCH3 is 3. The Bertz CT molecular complexity index is 923. The van der Waals surface area contributed by atoms with Crippen molar-refractivity contribution in [1.29, 1.82) is 0 Å². The second kappa shape index (κ2) is 14.0. The molecule has 0 aromatic heterocycles. The van der Waals surface area contributed by atoms with E-state index in [-0.39, 0.29) is 34.2 Å². The first-order chi connectivity index (χ1) is 16.5. The Kier molecular flexibility index (Phi) is 11.1. The molecule has 0 radical (unpaired) electrons. The van der Waals surface area contributed by atoms with Gasteiger partial charge in [0.1, 0.15) is 5.69 Å². The molecule has 2 N–H and O–H groups in total. The lowest BCUT2D eigenvalue weighted by Gasteiger charge is -2.26. The van der Waals surface area contributed by atoms with Gasteiger partial charge in [-0.05, 0) is 32.7 Å². The predicted octanol–water partition coefficient (Wildman–Crippen LogP) is 2.26. The van der Waals surface area contributed by atoms with Crippen molar-refractivity contribution in [2.75, 3.05) is 66.0 Å². The van der Waals surface area contributed by atoms with Gasteiger partial charge >= 0.3 is 0 Å². The Morgan fingerprint density at radius 1 is 1.18 bits per heavy atom. The summed E-state index contributed by atoms with van der Waals surface area (Å²) in [6.07, 6.45) is 5.39. The van der Waals surface area contributed by atoms with Crippen LogP contribution in [0.4, 0.5) is 5.69 Å². The second-order valence-corrected chi connectivity index (χ2v) is 7.35. The minimum Gasteiger partial charge on any atom is -0.493 e.